The summed E-state index contributed by atoms with van der Waals surface area (Å²) in [5.41, 5.74) is 1.87. The van der Waals surface area contributed by atoms with Crippen LogP contribution in [-0.2, 0) is 11.3 Å². The summed E-state index contributed by atoms with van der Waals surface area (Å²) in [7, 11) is 0. The van der Waals surface area contributed by atoms with Gasteiger partial charge in [-0.2, -0.15) is 5.10 Å². The molecule has 0 aliphatic rings. The molecule has 0 saturated heterocycles. The summed E-state index contributed by atoms with van der Waals surface area (Å²) >= 11 is 0. The van der Waals surface area contributed by atoms with Gasteiger partial charge in [-0.3, -0.25) is 9.69 Å². The summed E-state index contributed by atoms with van der Waals surface area (Å²) in [5.74, 6) is -0.390. The number of hydrogen-bond donors (Lipinski definition) is 1. The Labute approximate surface area is 124 Å². The maximum Gasteiger partial charge on any atom is 0.317 e. The molecule has 0 spiro atoms. The lowest BCUT2D eigenvalue weighted by molar-refractivity contribution is -0.138. The van der Waals surface area contributed by atoms with E-state index < -0.39 is 5.97 Å². The summed E-state index contributed by atoms with van der Waals surface area (Å²) in [6.07, 6.45) is 1.90. The molecule has 0 saturated carbocycles. The number of carbonyl (C=O) groups is 1. The molecule has 5 nitrogen and oxygen atoms in total. The van der Waals surface area contributed by atoms with Gasteiger partial charge in [0.15, 0.2) is 0 Å². The first-order chi connectivity index (χ1) is 10.0. The summed E-state index contributed by atoms with van der Waals surface area (Å²) in [6.45, 7) is 5.49. The minimum Gasteiger partial charge on any atom is -0.480 e. The van der Waals surface area contributed by atoms with Crippen molar-refractivity contribution in [2.24, 2.45) is 5.92 Å². The molecule has 2 rings (SSSR count). The van der Waals surface area contributed by atoms with E-state index in [2.05, 4.69) is 18.9 Å². The molecule has 1 N–H and O–H groups in total. The molecular formula is C16H21N3O2. The third-order valence-electron chi connectivity index (χ3n) is 3.03. The number of rotatable bonds is 7. The molecule has 1 heterocycles. The van der Waals surface area contributed by atoms with Crippen LogP contribution in [0, 0.1) is 5.92 Å². The van der Waals surface area contributed by atoms with Gasteiger partial charge in [0, 0.05) is 19.3 Å². The highest BCUT2D eigenvalue weighted by Gasteiger charge is 2.13. The molecule has 21 heavy (non-hydrogen) atoms. The van der Waals surface area contributed by atoms with Crippen LogP contribution in [0.15, 0.2) is 42.6 Å². The zero-order chi connectivity index (χ0) is 15.2. The van der Waals surface area contributed by atoms with E-state index >= 15 is 0 Å². The van der Waals surface area contributed by atoms with Crippen LogP contribution in [0.25, 0.3) is 5.69 Å². The van der Waals surface area contributed by atoms with Gasteiger partial charge >= 0.3 is 5.97 Å². The topological polar surface area (TPSA) is 58.4 Å². The van der Waals surface area contributed by atoms with E-state index in [1.165, 1.54) is 0 Å². The fourth-order valence-corrected chi connectivity index (χ4v) is 2.29. The highest BCUT2D eigenvalue weighted by molar-refractivity contribution is 5.69. The fourth-order valence-electron chi connectivity index (χ4n) is 2.29. The summed E-state index contributed by atoms with van der Waals surface area (Å²) < 4.78 is 1.81. The molecule has 0 amide bonds. The Kier molecular flexibility index (Phi) is 5.11. The lowest BCUT2D eigenvalue weighted by Gasteiger charge is -2.21. The predicted molar refractivity (Wildman–Crippen MR) is 81.3 cm³/mol. The van der Waals surface area contributed by atoms with Crippen molar-refractivity contribution >= 4 is 5.97 Å². The second-order valence-electron chi connectivity index (χ2n) is 5.54. The van der Waals surface area contributed by atoms with Gasteiger partial charge in [-0.1, -0.05) is 32.0 Å². The standard InChI is InChI=1S/C16H21N3O2/c1-13(2)10-18(12-16(20)21)11-14-8-9-19(17-14)15-6-4-3-5-7-15/h3-9,13H,10-12H2,1-2H3,(H,20,21). The maximum absolute atomic E-state index is 10.9. The molecule has 0 aliphatic carbocycles. The van der Waals surface area contributed by atoms with Gasteiger partial charge in [0.1, 0.15) is 0 Å². The van der Waals surface area contributed by atoms with Gasteiger partial charge in [-0.15, -0.1) is 0 Å². The molecule has 0 fully saturated rings. The molecule has 0 unspecified atom stereocenters. The highest BCUT2D eigenvalue weighted by atomic mass is 16.4. The van der Waals surface area contributed by atoms with Crippen molar-refractivity contribution in [1.82, 2.24) is 14.7 Å². The van der Waals surface area contributed by atoms with E-state index in [1.807, 2.05) is 52.2 Å². The average Bonchev–Trinajstić information content (AvgIpc) is 2.86. The van der Waals surface area contributed by atoms with E-state index in [1.54, 1.807) is 0 Å². The van der Waals surface area contributed by atoms with E-state index in [9.17, 15) is 4.79 Å². The molecule has 0 radical (unpaired) electrons. The van der Waals surface area contributed by atoms with Gasteiger partial charge in [0.25, 0.3) is 0 Å². The quantitative estimate of drug-likeness (QED) is 0.849. The normalized spacial score (nSPS) is 11.2. The molecule has 5 heteroatoms. The van der Waals surface area contributed by atoms with E-state index in [4.69, 9.17) is 5.11 Å². The number of carboxylic acid groups (broad SMARTS) is 1. The number of benzene rings is 1. The third-order valence-corrected chi connectivity index (χ3v) is 3.03. The van der Waals surface area contributed by atoms with Crippen molar-refractivity contribution in [3.63, 3.8) is 0 Å². The van der Waals surface area contributed by atoms with Crippen molar-refractivity contribution in [2.75, 3.05) is 13.1 Å². The Morgan fingerprint density at radius 3 is 2.62 bits per heavy atom. The fraction of sp³-hybridized carbons (Fsp3) is 0.375. The molecule has 112 valence electrons. The average molecular weight is 287 g/mol. The van der Waals surface area contributed by atoms with Crippen LogP contribution in [-0.4, -0.2) is 38.8 Å². The van der Waals surface area contributed by atoms with E-state index in [-0.39, 0.29) is 6.54 Å². The largest absolute Gasteiger partial charge is 0.480 e. The number of aliphatic carboxylic acids is 1. The number of para-hydroxylation sites is 1. The van der Waals surface area contributed by atoms with Crippen molar-refractivity contribution in [2.45, 2.75) is 20.4 Å². The lowest BCUT2D eigenvalue weighted by atomic mass is 10.2. The zero-order valence-corrected chi connectivity index (χ0v) is 12.4. The van der Waals surface area contributed by atoms with Crippen LogP contribution < -0.4 is 0 Å². The number of aromatic nitrogens is 2. The SMILES string of the molecule is CC(C)CN(CC(=O)O)Cc1ccn(-c2ccccc2)n1. The number of hydrogen-bond acceptors (Lipinski definition) is 3. The first-order valence-electron chi connectivity index (χ1n) is 7.08. The van der Waals surface area contributed by atoms with Crippen LogP contribution in [0.1, 0.15) is 19.5 Å². The van der Waals surface area contributed by atoms with E-state index in [0.29, 0.717) is 12.5 Å². The lowest BCUT2D eigenvalue weighted by Crippen LogP contribution is -2.32. The summed E-state index contributed by atoms with van der Waals surface area (Å²) in [4.78, 5) is 12.8. The maximum atomic E-state index is 10.9. The molecule has 0 bridgehead atoms. The molecule has 1 aromatic heterocycles. The Hall–Kier alpha value is -2.14. The van der Waals surface area contributed by atoms with Crippen molar-refractivity contribution < 1.29 is 9.90 Å². The van der Waals surface area contributed by atoms with Gasteiger partial charge < -0.3 is 5.11 Å². The Morgan fingerprint density at radius 1 is 1.29 bits per heavy atom. The molecular weight excluding hydrogens is 266 g/mol. The molecule has 1 aromatic carbocycles. The minimum absolute atomic E-state index is 0.0381. The summed E-state index contributed by atoms with van der Waals surface area (Å²) in [6, 6.07) is 11.8. The van der Waals surface area contributed by atoms with E-state index in [0.717, 1.165) is 17.9 Å². The molecule has 0 aliphatic heterocycles. The van der Waals surface area contributed by atoms with Gasteiger partial charge in [-0.25, -0.2) is 4.68 Å². The van der Waals surface area contributed by atoms with Crippen LogP contribution in [0.4, 0.5) is 0 Å². The van der Waals surface area contributed by atoms with Crippen LogP contribution >= 0.6 is 0 Å². The Balaban J connectivity index is 2.07. The van der Waals surface area contributed by atoms with Crippen LogP contribution in [0.2, 0.25) is 0 Å². The monoisotopic (exact) mass is 287 g/mol. The smallest absolute Gasteiger partial charge is 0.317 e. The highest BCUT2D eigenvalue weighted by Crippen LogP contribution is 2.09. The van der Waals surface area contributed by atoms with Gasteiger partial charge in [0.05, 0.1) is 17.9 Å². The minimum atomic E-state index is -0.807. The zero-order valence-electron chi connectivity index (χ0n) is 12.4. The second kappa shape index (κ2) is 7.04. The Bertz CT molecular complexity index is 578. The Morgan fingerprint density at radius 2 is 2.00 bits per heavy atom. The number of nitrogens with zero attached hydrogens (tertiary/aromatic N) is 3. The van der Waals surface area contributed by atoms with Gasteiger partial charge in [0.2, 0.25) is 0 Å². The first-order valence-corrected chi connectivity index (χ1v) is 7.08. The van der Waals surface area contributed by atoms with Crippen molar-refractivity contribution in [1.29, 1.82) is 0 Å². The van der Waals surface area contributed by atoms with Crippen molar-refractivity contribution in [3.8, 4) is 5.69 Å². The van der Waals surface area contributed by atoms with Crippen molar-refractivity contribution in [3.05, 3.63) is 48.3 Å². The number of carboxylic acids is 1. The van der Waals surface area contributed by atoms with Crippen LogP contribution in [0.5, 0.6) is 0 Å². The predicted octanol–water partition coefficient (Wildman–Crippen LogP) is 2.41. The molecule has 0 atom stereocenters. The summed E-state index contributed by atoms with van der Waals surface area (Å²) in [5, 5.41) is 13.5. The third kappa shape index (κ3) is 4.72. The molecule has 2 aromatic rings. The van der Waals surface area contributed by atoms with Gasteiger partial charge in [-0.05, 0) is 24.1 Å². The van der Waals surface area contributed by atoms with Crippen LogP contribution in [0.3, 0.4) is 0 Å². The second-order valence-corrected chi connectivity index (χ2v) is 5.54. The first kappa shape index (κ1) is 15.3.